The van der Waals surface area contributed by atoms with Crippen LogP contribution in [0.2, 0.25) is 0 Å². The van der Waals surface area contributed by atoms with E-state index in [1.54, 1.807) is 11.7 Å². The molecule has 1 aromatic heterocycles. The lowest BCUT2D eigenvalue weighted by Crippen LogP contribution is -2.02. The Morgan fingerprint density at radius 3 is 2.50 bits per heavy atom. The van der Waals surface area contributed by atoms with Crippen LogP contribution in [0.25, 0.3) is 0 Å². The lowest BCUT2D eigenvalue weighted by molar-refractivity contribution is 0.0688. The molecule has 0 unspecified atom stereocenters. The van der Waals surface area contributed by atoms with E-state index < -0.39 is 5.97 Å². The van der Waals surface area contributed by atoms with E-state index in [0.29, 0.717) is 12.3 Å². The minimum absolute atomic E-state index is 0.193. The van der Waals surface area contributed by atoms with Crippen LogP contribution in [0.5, 0.6) is 0 Å². The Kier molecular flexibility index (Phi) is 2.93. The Balaban J connectivity index is 3.35. The molecule has 1 N–H and O–H groups in total. The van der Waals surface area contributed by atoms with E-state index in [4.69, 9.17) is 5.11 Å². The number of hydrogen-bond acceptors (Lipinski definition) is 2. The molecule has 0 bridgehead atoms. The van der Waals surface area contributed by atoms with Gasteiger partial charge in [-0.15, -0.1) is 0 Å². The van der Waals surface area contributed by atoms with Crippen LogP contribution in [0.3, 0.4) is 0 Å². The number of rotatable bonds is 3. The molecule has 78 valence electrons. The number of carboxylic acid groups (broad SMARTS) is 1. The highest BCUT2D eigenvalue weighted by Crippen LogP contribution is 2.22. The highest BCUT2D eigenvalue weighted by Gasteiger charge is 2.21. The maximum absolute atomic E-state index is 10.9. The number of aryl methyl sites for hydroxylation is 1. The molecule has 0 atom stereocenters. The molecular formula is C10H16N2O2. The Labute approximate surface area is 83.5 Å². The van der Waals surface area contributed by atoms with Crippen molar-refractivity contribution in [3.63, 3.8) is 0 Å². The average molecular weight is 196 g/mol. The zero-order valence-corrected chi connectivity index (χ0v) is 9.03. The van der Waals surface area contributed by atoms with E-state index in [0.717, 1.165) is 11.3 Å². The predicted molar refractivity (Wildman–Crippen MR) is 53.6 cm³/mol. The van der Waals surface area contributed by atoms with Crippen molar-refractivity contribution in [2.75, 3.05) is 0 Å². The summed E-state index contributed by atoms with van der Waals surface area (Å²) in [5.74, 6) is -0.639. The molecule has 0 radical (unpaired) electrons. The van der Waals surface area contributed by atoms with E-state index in [1.165, 1.54) is 0 Å². The SMILES string of the molecule is CCc1c(C(=O)O)nn(C)c1C(C)C. The molecule has 0 aliphatic rings. The summed E-state index contributed by atoms with van der Waals surface area (Å²) in [5.41, 5.74) is 2.07. The molecule has 0 spiro atoms. The maximum Gasteiger partial charge on any atom is 0.356 e. The van der Waals surface area contributed by atoms with Gasteiger partial charge in [0.25, 0.3) is 0 Å². The summed E-state index contributed by atoms with van der Waals surface area (Å²) in [4.78, 5) is 10.9. The first-order valence-electron chi connectivity index (χ1n) is 4.78. The van der Waals surface area contributed by atoms with E-state index in [9.17, 15) is 4.79 Å². The van der Waals surface area contributed by atoms with Gasteiger partial charge in [-0.25, -0.2) is 4.79 Å². The van der Waals surface area contributed by atoms with Gasteiger partial charge < -0.3 is 5.11 Å². The Bertz CT molecular complexity index is 353. The zero-order valence-electron chi connectivity index (χ0n) is 9.03. The molecule has 0 amide bonds. The number of hydrogen-bond donors (Lipinski definition) is 1. The van der Waals surface area contributed by atoms with E-state index in [-0.39, 0.29) is 5.69 Å². The highest BCUT2D eigenvalue weighted by molar-refractivity contribution is 5.87. The average Bonchev–Trinajstić information content (AvgIpc) is 2.41. The van der Waals surface area contributed by atoms with Crippen molar-refractivity contribution in [2.24, 2.45) is 7.05 Å². The predicted octanol–water partition coefficient (Wildman–Crippen LogP) is 1.80. The normalized spacial score (nSPS) is 10.9. The molecular weight excluding hydrogens is 180 g/mol. The fraction of sp³-hybridized carbons (Fsp3) is 0.600. The van der Waals surface area contributed by atoms with Gasteiger partial charge in [0.05, 0.1) is 0 Å². The smallest absolute Gasteiger partial charge is 0.356 e. The third-order valence-corrected chi connectivity index (χ3v) is 2.30. The number of aromatic nitrogens is 2. The van der Waals surface area contributed by atoms with Gasteiger partial charge in [0.15, 0.2) is 5.69 Å². The summed E-state index contributed by atoms with van der Waals surface area (Å²) in [6, 6.07) is 0. The molecule has 0 saturated heterocycles. The molecule has 0 aromatic carbocycles. The van der Waals surface area contributed by atoms with E-state index in [1.807, 2.05) is 20.8 Å². The molecule has 0 fully saturated rings. The van der Waals surface area contributed by atoms with Gasteiger partial charge in [-0.05, 0) is 12.3 Å². The van der Waals surface area contributed by atoms with Crippen molar-refractivity contribution in [3.05, 3.63) is 17.0 Å². The van der Waals surface area contributed by atoms with Gasteiger partial charge in [0, 0.05) is 18.3 Å². The summed E-state index contributed by atoms with van der Waals surface area (Å²) >= 11 is 0. The molecule has 4 nitrogen and oxygen atoms in total. The Morgan fingerprint density at radius 1 is 1.57 bits per heavy atom. The van der Waals surface area contributed by atoms with Gasteiger partial charge in [0.1, 0.15) is 0 Å². The van der Waals surface area contributed by atoms with Crippen LogP contribution >= 0.6 is 0 Å². The monoisotopic (exact) mass is 196 g/mol. The molecule has 1 aromatic rings. The van der Waals surface area contributed by atoms with Gasteiger partial charge in [-0.1, -0.05) is 20.8 Å². The molecule has 1 rings (SSSR count). The van der Waals surface area contributed by atoms with Crippen LogP contribution < -0.4 is 0 Å². The third-order valence-electron chi connectivity index (χ3n) is 2.30. The van der Waals surface area contributed by atoms with Crippen molar-refractivity contribution in [1.82, 2.24) is 9.78 Å². The van der Waals surface area contributed by atoms with Crippen LogP contribution in [0.15, 0.2) is 0 Å². The number of carbonyl (C=O) groups is 1. The van der Waals surface area contributed by atoms with Crippen LogP contribution in [0, 0.1) is 0 Å². The van der Waals surface area contributed by atoms with Crippen LogP contribution in [0.4, 0.5) is 0 Å². The summed E-state index contributed by atoms with van der Waals surface area (Å²) in [7, 11) is 1.79. The second-order valence-electron chi connectivity index (χ2n) is 3.65. The molecule has 0 aliphatic carbocycles. The highest BCUT2D eigenvalue weighted by atomic mass is 16.4. The molecule has 4 heteroatoms. The zero-order chi connectivity index (χ0) is 10.9. The first kappa shape index (κ1) is 10.8. The van der Waals surface area contributed by atoms with Crippen molar-refractivity contribution in [2.45, 2.75) is 33.1 Å². The summed E-state index contributed by atoms with van der Waals surface area (Å²) < 4.78 is 1.67. The molecule has 0 aliphatic heterocycles. The lowest BCUT2D eigenvalue weighted by atomic mass is 10.0. The van der Waals surface area contributed by atoms with Crippen LogP contribution in [-0.4, -0.2) is 20.9 Å². The fourth-order valence-electron chi connectivity index (χ4n) is 1.82. The Hall–Kier alpha value is -1.32. The van der Waals surface area contributed by atoms with Crippen LogP contribution in [-0.2, 0) is 13.5 Å². The minimum atomic E-state index is -0.940. The summed E-state index contributed by atoms with van der Waals surface area (Å²) in [6.45, 7) is 6.04. The van der Waals surface area contributed by atoms with Gasteiger partial charge in [0.2, 0.25) is 0 Å². The van der Waals surface area contributed by atoms with Crippen molar-refractivity contribution < 1.29 is 9.90 Å². The van der Waals surface area contributed by atoms with Crippen LogP contribution in [0.1, 0.15) is 48.4 Å². The quantitative estimate of drug-likeness (QED) is 0.802. The van der Waals surface area contributed by atoms with Gasteiger partial charge >= 0.3 is 5.97 Å². The third kappa shape index (κ3) is 1.64. The van der Waals surface area contributed by atoms with Crippen molar-refractivity contribution in [3.8, 4) is 0 Å². The molecule has 1 heterocycles. The fourth-order valence-corrected chi connectivity index (χ4v) is 1.82. The second kappa shape index (κ2) is 3.82. The minimum Gasteiger partial charge on any atom is -0.476 e. The summed E-state index contributed by atoms with van der Waals surface area (Å²) in [6.07, 6.45) is 0.711. The van der Waals surface area contributed by atoms with Gasteiger partial charge in [-0.2, -0.15) is 5.10 Å². The van der Waals surface area contributed by atoms with E-state index >= 15 is 0 Å². The molecule has 14 heavy (non-hydrogen) atoms. The number of nitrogens with zero attached hydrogens (tertiary/aromatic N) is 2. The maximum atomic E-state index is 10.9. The van der Waals surface area contributed by atoms with Crippen molar-refractivity contribution >= 4 is 5.97 Å². The largest absolute Gasteiger partial charge is 0.476 e. The molecule has 0 saturated carbocycles. The Morgan fingerprint density at radius 2 is 2.14 bits per heavy atom. The number of aromatic carboxylic acids is 1. The number of carboxylic acids is 1. The standard InChI is InChI=1S/C10H16N2O2/c1-5-7-8(10(13)14)11-12(4)9(7)6(2)3/h6H,5H2,1-4H3,(H,13,14). The second-order valence-corrected chi connectivity index (χ2v) is 3.65. The van der Waals surface area contributed by atoms with Crippen molar-refractivity contribution in [1.29, 1.82) is 0 Å². The van der Waals surface area contributed by atoms with Gasteiger partial charge in [-0.3, -0.25) is 4.68 Å². The first-order chi connectivity index (χ1) is 6.49. The van der Waals surface area contributed by atoms with E-state index in [2.05, 4.69) is 5.10 Å². The lowest BCUT2D eigenvalue weighted by Gasteiger charge is -2.07. The first-order valence-corrected chi connectivity index (χ1v) is 4.78. The summed E-state index contributed by atoms with van der Waals surface area (Å²) in [5, 5.41) is 13.0. The topological polar surface area (TPSA) is 55.1 Å².